The Bertz CT molecular complexity index is 542. The monoisotopic (exact) mass is 317 g/mol. The Hall–Kier alpha value is -0.590. The molecule has 23 heavy (non-hydrogen) atoms. The van der Waals surface area contributed by atoms with Crippen molar-refractivity contribution in [1.29, 1.82) is 5.26 Å². The third-order valence-corrected chi connectivity index (χ3v) is 8.97. The van der Waals surface area contributed by atoms with E-state index >= 15 is 0 Å². The molecule has 3 nitrogen and oxygen atoms in total. The summed E-state index contributed by atoms with van der Waals surface area (Å²) in [5, 5.41) is 30.5. The molecule has 0 saturated heterocycles. The standard InChI is InChI=1S/C20H31NO2/c1-18-8-5-14(22)11-13(18)3-4-15-16(18)6-9-19(2)17(15)7-10-20(19,23)12-21/h13-17,22-23H,3-11H2,1-2H3/t13-,14-,15+,16-,17-,18-,19-,20-/m0/s1. The molecule has 0 heterocycles. The zero-order valence-electron chi connectivity index (χ0n) is 14.6. The number of hydrogen-bond donors (Lipinski definition) is 2. The van der Waals surface area contributed by atoms with Crippen molar-refractivity contribution in [2.24, 2.45) is 34.5 Å². The SMILES string of the molecule is C[C@]12CC[C@H](O)C[C@@H]1CC[C@@H]1[C@@H]2CC[C@@]2(C)[C@H]1CC[C@]2(O)C#N. The quantitative estimate of drug-likeness (QED) is 0.670. The Morgan fingerprint density at radius 3 is 2.43 bits per heavy atom. The van der Waals surface area contributed by atoms with Crippen molar-refractivity contribution in [3.8, 4) is 6.07 Å². The highest BCUT2D eigenvalue weighted by molar-refractivity contribution is 5.20. The van der Waals surface area contributed by atoms with E-state index in [1.54, 1.807) is 0 Å². The van der Waals surface area contributed by atoms with Crippen LogP contribution in [-0.4, -0.2) is 21.9 Å². The normalized spacial score (nSPS) is 58.7. The highest BCUT2D eigenvalue weighted by atomic mass is 16.3. The van der Waals surface area contributed by atoms with Gasteiger partial charge in [-0.15, -0.1) is 0 Å². The molecular weight excluding hydrogens is 286 g/mol. The highest BCUT2D eigenvalue weighted by Crippen LogP contribution is 2.68. The fourth-order valence-corrected chi connectivity index (χ4v) is 7.44. The lowest BCUT2D eigenvalue weighted by Crippen LogP contribution is -2.56. The Morgan fingerprint density at radius 1 is 0.957 bits per heavy atom. The van der Waals surface area contributed by atoms with Gasteiger partial charge in [-0.2, -0.15) is 5.26 Å². The number of aliphatic hydroxyl groups excluding tert-OH is 1. The maximum Gasteiger partial charge on any atom is 0.156 e. The molecule has 4 aliphatic rings. The molecule has 8 atom stereocenters. The van der Waals surface area contributed by atoms with Crippen LogP contribution in [-0.2, 0) is 0 Å². The summed E-state index contributed by atoms with van der Waals surface area (Å²) in [4.78, 5) is 0. The smallest absolute Gasteiger partial charge is 0.156 e. The van der Waals surface area contributed by atoms with Gasteiger partial charge in [0.15, 0.2) is 5.60 Å². The number of aliphatic hydroxyl groups is 2. The van der Waals surface area contributed by atoms with Crippen molar-refractivity contribution >= 4 is 0 Å². The first-order valence-electron chi connectivity index (χ1n) is 9.66. The predicted molar refractivity (Wildman–Crippen MR) is 88.3 cm³/mol. The number of fused-ring (bicyclic) bond motifs is 5. The predicted octanol–water partition coefficient (Wildman–Crippen LogP) is 3.64. The van der Waals surface area contributed by atoms with Gasteiger partial charge in [-0.3, -0.25) is 0 Å². The summed E-state index contributed by atoms with van der Waals surface area (Å²) in [5.41, 5.74) is -0.944. The maximum absolute atomic E-state index is 10.9. The molecular formula is C20H31NO2. The molecule has 0 bridgehead atoms. The van der Waals surface area contributed by atoms with Gasteiger partial charge in [-0.1, -0.05) is 13.8 Å². The summed E-state index contributed by atoms with van der Waals surface area (Å²) in [6, 6.07) is 2.27. The number of rotatable bonds is 0. The lowest BCUT2D eigenvalue weighted by atomic mass is 9.44. The summed E-state index contributed by atoms with van der Waals surface area (Å²) in [7, 11) is 0. The summed E-state index contributed by atoms with van der Waals surface area (Å²) >= 11 is 0. The van der Waals surface area contributed by atoms with E-state index in [0.29, 0.717) is 29.6 Å². The van der Waals surface area contributed by atoms with E-state index in [1.165, 1.54) is 12.8 Å². The fourth-order valence-electron chi connectivity index (χ4n) is 7.44. The van der Waals surface area contributed by atoms with Crippen LogP contribution in [0.15, 0.2) is 0 Å². The van der Waals surface area contributed by atoms with Crippen molar-refractivity contribution in [2.75, 3.05) is 0 Å². The third kappa shape index (κ3) is 1.94. The van der Waals surface area contributed by atoms with Crippen LogP contribution in [0.25, 0.3) is 0 Å². The first-order chi connectivity index (χ1) is 10.8. The molecule has 0 spiro atoms. The molecule has 4 fully saturated rings. The van der Waals surface area contributed by atoms with E-state index in [1.807, 2.05) is 0 Å². The molecule has 0 radical (unpaired) electrons. The van der Waals surface area contributed by atoms with Crippen molar-refractivity contribution in [2.45, 2.75) is 83.3 Å². The second-order valence-corrected chi connectivity index (χ2v) is 9.55. The van der Waals surface area contributed by atoms with Gasteiger partial charge < -0.3 is 10.2 Å². The average Bonchev–Trinajstić information content (AvgIpc) is 2.80. The number of nitriles is 1. The molecule has 4 aliphatic carbocycles. The van der Waals surface area contributed by atoms with Gasteiger partial charge in [0, 0.05) is 5.41 Å². The minimum Gasteiger partial charge on any atom is -0.393 e. The lowest BCUT2D eigenvalue weighted by Gasteiger charge is -2.61. The summed E-state index contributed by atoms with van der Waals surface area (Å²) in [5.74, 6) is 2.59. The Kier molecular flexibility index (Phi) is 3.43. The second-order valence-electron chi connectivity index (χ2n) is 9.55. The van der Waals surface area contributed by atoms with Crippen LogP contribution in [0.4, 0.5) is 0 Å². The van der Waals surface area contributed by atoms with E-state index in [4.69, 9.17) is 0 Å². The zero-order valence-corrected chi connectivity index (χ0v) is 14.6. The number of hydrogen-bond acceptors (Lipinski definition) is 3. The lowest BCUT2D eigenvalue weighted by molar-refractivity contribution is -0.145. The molecule has 0 aromatic carbocycles. The van der Waals surface area contributed by atoms with Crippen LogP contribution in [0.5, 0.6) is 0 Å². The summed E-state index contributed by atoms with van der Waals surface area (Å²) in [6.45, 7) is 4.66. The molecule has 128 valence electrons. The first kappa shape index (κ1) is 15.9. The number of nitrogens with zero attached hydrogens (tertiary/aromatic N) is 1. The average molecular weight is 317 g/mol. The fraction of sp³-hybridized carbons (Fsp3) is 0.950. The minimum atomic E-state index is -1.11. The van der Waals surface area contributed by atoms with E-state index in [9.17, 15) is 15.5 Å². The van der Waals surface area contributed by atoms with Crippen molar-refractivity contribution in [3.05, 3.63) is 0 Å². The molecule has 0 amide bonds. The highest BCUT2D eigenvalue weighted by Gasteiger charge is 2.64. The van der Waals surface area contributed by atoms with Crippen LogP contribution in [0.3, 0.4) is 0 Å². The molecule has 0 aliphatic heterocycles. The zero-order chi connectivity index (χ0) is 16.5. The van der Waals surface area contributed by atoms with E-state index in [0.717, 1.165) is 44.4 Å². The van der Waals surface area contributed by atoms with E-state index in [2.05, 4.69) is 19.9 Å². The summed E-state index contributed by atoms with van der Waals surface area (Å²) in [6.07, 6.45) is 9.31. The van der Waals surface area contributed by atoms with Crippen molar-refractivity contribution in [3.63, 3.8) is 0 Å². The third-order valence-electron chi connectivity index (χ3n) is 8.97. The minimum absolute atomic E-state index is 0.0892. The van der Waals surface area contributed by atoms with Crippen molar-refractivity contribution in [1.82, 2.24) is 0 Å². The van der Waals surface area contributed by atoms with Crippen LogP contribution in [0.2, 0.25) is 0 Å². The van der Waals surface area contributed by atoms with Crippen molar-refractivity contribution < 1.29 is 10.2 Å². The van der Waals surface area contributed by atoms with Gasteiger partial charge in [-0.05, 0) is 86.9 Å². The van der Waals surface area contributed by atoms with Gasteiger partial charge in [0.25, 0.3) is 0 Å². The molecule has 4 rings (SSSR count). The van der Waals surface area contributed by atoms with E-state index < -0.39 is 5.60 Å². The maximum atomic E-state index is 10.9. The molecule has 2 N–H and O–H groups in total. The first-order valence-corrected chi connectivity index (χ1v) is 9.66. The Labute approximate surface area is 140 Å². The van der Waals surface area contributed by atoms with Crippen LogP contribution in [0.1, 0.15) is 71.6 Å². The Morgan fingerprint density at radius 2 is 1.70 bits per heavy atom. The van der Waals surface area contributed by atoms with Gasteiger partial charge in [0.05, 0.1) is 12.2 Å². The topological polar surface area (TPSA) is 64.2 Å². The molecule has 3 heteroatoms. The molecule has 0 unspecified atom stereocenters. The largest absolute Gasteiger partial charge is 0.393 e. The van der Waals surface area contributed by atoms with Crippen LogP contribution < -0.4 is 0 Å². The molecule has 4 saturated carbocycles. The van der Waals surface area contributed by atoms with Gasteiger partial charge >= 0.3 is 0 Å². The summed E-state index contributed by atoms with van der Waals surface area (Å²) < 4.78 is 0. The molecule has 0 aromatic rings. The van der Waals surface area contributed by atoms with Gasteiger partial charge in [0.1, 0.15) is 0 Å². The van der Waals surface area contributed by atoms with Crippen LogP contribution >= 0.6 is 0 Å². The van der Waals surface area contributed by atoms with Crippen LogP contribution in [0, 0.1) is 45.8 Å². The Balaban J connectivity index is 1.65. The second kappa shape index (κ2) is 4.96. The van der Waals surface area contributed by atoms with E-state index in [-0.39, 0.29) is 11.5 Å². The van der Waals surface area contributed by atoms with Gasteiger partial charge in [0.2, 0.25) is 0 Å². The molecule has 0 aromatic heterocycles. The van der Waals surface area contributed by atoms with Gasteiger partial charge in [-0.25, -0.2) is 0 Å².